The van der Waals surface area contributed by atoms with Crippen LogP contribution in [-0.2, 0) is 0 Å². The van der Waals surface area contributed by atoms with Crippen LogP contribution in [0.3, 0.4) is 0 Å². The number of nitrogens with zero attached hydrogens (tertiary/aromatic N) is 1. The fraction of sp³-hybridized carbons (Fsp3) is 1.00. The first kappa shape index (κ1) is 13.8. The zero-order valence-electron chi connectivity index (χ0n) is 9.98. The minimum absolute atomic E-state index is 0.387. The number of nitrogens with one attached hydrogen (secondary N) is 1. The van der Waals surface area contributed by atoms with Gasteiger partial charge in [0.1, 0.15) is 0 Å². The molecule has 0 saturated carbocycles. The van der Waals surface area contributed by atoms with E-state index >= 15 is 0 Å². The number of hydrogen-bond acceptors (Lipinski definition) is 2. The lowest BCUT2D eigenvalue weighted by Crippen LogP contribution is -2.46. The summed E-state index contributed by atoms with van der Waals surface area (Å²) in [5.41, 5.74) is 0. The topological polar surface area (TPSA) is 15.3 Å². The van der Waals surface area contributed by atoms with Crippen molar-refractivity contribution in [2.45, 2.75) is 51.4 Å². The molecule has 1 heterocycles. The maximum Gasteiger partial charge on any atom is 0.390 e. The van der Waals surface area contributed by atoms with Crippen molar-refractivity contribution >= 4 is 0 Å². The van der Waals surface area contributed by atoms with Crippen LogP contribution in [0.1, 0.15) is 33.1 Å². The van der Waals surface area contributed by atoms with Gasteiger partial charge in [-0.1, -0.05) is 6.92 Å². The second-order valence-electron chi connectivity index (χ2n) is 4.54. The second kappa shape index (κ2) is 5.87. The summed E-state index contributed by atoms with van der Waals surface area (Å²) in [4.78, 5) is 1.95. The molecule has 0 aliphatic carbocycles. The molecule has 0 aromatic carbocycles. The SMILES string of the molecule is CCNC1CCN(C(C)CC(F)(F)F)CC1. The summed E-state index contributed by atoms with van der Waals surface area (Å²) >= 11 is 0. The monoisotopic (exact) mass is 238 g/mol. The summed E-state index contributed by atoms with van der Waals surface area (Å²) in [7, 11) is 0. The Kier molecular flexibility index (Phi) is 5.05. The van der Waals surface area contributed by atoms with E-state index in [1.165, 1.54) is 0 Å². The summed E-state index contributed by atoms with van der Waals surface area (Å²) < 4.78 is 36.7. The molecule has 2 nitrogen and oxygen atoms in total. The molecule has 1 N–H and O–H groups in total. The third-order valence-corrected chi connectivity index (χ3v) is 3.17. The van der Waals surface area contributed by atoms with E-state index in [4.69, 9.17) is 0 Å². The van der Waals surface area contributed by atoms with Gasteiger partial charge in [-0.15, -0.1) is 0 Å². The molecule has 0 aromatic rings. The summed E-state index contributed by atoms with van der Waals surface area (Å²) in [6.45, 7) is 6.20. The van der Waals surface area contributed by atoms with Gasteiger partial charge < -0.3 is 10.2 Å². The highest BCUT2D eigenvalue weighted by atomic mass is 19.4. The minimum Gasteiger partial charge on any atom is -0.314 e. The van der Waals surface area contributed by atoms with Crippen LogP contribution in [-0.4, -0.2) is 42.8 Å². The van der Waals surface area contributed by atoms with Gasteiger partial charge >= 0.3 is 6.18 Å². The van der Waals surface area contributed by atoms with Crippen molar-refractivity contribution in [3.8, 4) is 0 Å². The van der Waals surface area contributed by atoms with Crippen LogP contribution in [0, 0.1) is 0 Å². The molecule has 1 atom stereocenters. The van der Waals surface area contributed by atoms with Crippen molar-refractivity contribution in [1.82, 2.24) is 10.2 Å². The van der Waals surface area contributed by atoms with Crippen molar-refractivity contribution < 1.29 is 13.2 Å². The molecule has 0 spiro atoms. The molecule has 5 heteroatoms. The molecular weight excluding hydrogens is 217 g/mol. The lowest BCUT2D eigenvalue weighted by molar-refractivity contribution is -0.146. The molecule has 96 valence electrons. The van der Waals surface area contributed by atoms with E-state index in [2.05, 4.69) is 12.2 Å². The van der Waals surface area contributed by atoms with Crippen LogP contribution < -0.4 is 5.32 Å². The van der Waals surface area contributed by atoms with Gasteiger partial charge in [-0.2, -0.15) is 13.2 Å². The van der Waals surface area contributed by atoms with Crippen LogP contribution in [0.4, 0.5) is 13.2 Å². The fourth-order valence-corrected chi connectivity index (χ4v) is 2.30. The predicted molar refractivity (Wildman–Crippen MR) is 58.4 cm³/mol. The van der Waals surface area contributed by atoms with E-state index in [9.17, 15) is 13.2 Å². The number of likely N-dealkylation sites (tertiary alicyclic amines) is 1. The first-order chi connectivity index (χ1) is 7.42. The van der Waals surface area contributed by atoms with Crippen LogP contribution in [0.5, 0.6) is 0 Å². The second-order valence-corrected chi connectivity index (χ2v) is 4.54. The van der Waals surface area contributed by atoms with Crippen LogP contribution >= 0.6 is 0 Å². The van der Waals surface area contributed by atoms with Gasteiger partial charge in [0.05, 0.1) is 6.42 Å². The molecule has 1 fully saturated rings. The van der Waals surface area contributed by atoms with Gasteiger partial charge in [0.25, 0.3) is 0 Å². The molecule has 1 saturated heterocycles. The Labute approximate surface area is 95.2 Å². The predicted octanol–water partition coefficient (Wildman–Crippen LogP) is 2.40. The molecule has 0 amide bonds. The van der Waals surface area contributed by atoms with Gasteiger partial charge in [0.2, 0.25) is 0 Å². The lowest BCUT2D eigenvalue weighted by atomic mass is 10.0. The highest BCUT2D eigenvalue weighted by Crippen LogP contribution is 2.25. The Morgan fingerprint density at radius 1 is 1.31 bits per heavy atom. The Bertz CT molecular complexity index is 198. The smallest absolute Gasteiger partial charge is 0.314 e. The first-order valence-corrected chi connectivity index (χ1v) is 5.96. The Morgan fingerprint density at radius 3 is 2.31 bits per heavy atom. The van der Waals surface area contributed by atoms with E-state index in [1.807, 2.05) is 4.90 Å². The molecule has 1 aliphatic heterocycles. The van der Waals surface area contributed by atoms with Crippen molar-refractivity contribution in [2.75, 3.05) is 19.6 Å². The fourth-order valence-electron chi connectivity index (χ4n) is 2.30. The maximum atomic E-state index is 12.2. The number of alkyl halides is 3. The van der Waals surface area contributed by atoms with Crippen molar-refractivity contribution in [1.29, 1.82) is 0 Å². The standard InChI is InChI=1S/C11H21F3N2/c1-3-15-10-4-6-16(7-5-10)9(2)8-11(12,13)14/h9-10,15H,3-8H2,1-2H3. The first-order valence-electron chi connectivity index (χ1n) is 5.96. The molecule has 1 aliphatic rings. The zero-order chi connectivity index (χ0) is 12.2. The third-order valence-electron chi connectivity index (χ3n) is 3.17. The van der Waals surface area contributed by atoms with Crippen molar-refractivity contribution in [3.05, 3.63) is 0 Å². The molecule has 16 heavy (non-hydrogen) atoms. The molecular formula is C11H21F3N2. The molecule has 1 unspecified atom stereocenters. The summed E-state index contributed by atoms with van der Waals surface area (Å²) in [6.07, 6.45) is -2.83. The third kappa shape index (κ3) is 4.70. The van der Waals surface area contributed by atoms with Gasteiger partial charge in [-0.05, 0) is 39.4 Å². The quantitative estimate of drug-likeness (QED) is 0.809. The number of hydrogen-bond donors (Lipinski definition) is 1. The largest absolute Gasteiger partial charge is 0.390 e. The molecule has 0 aromatic heterocycles. The average Bonchev–Trinajstić information content (AvgIpc) is 2.16. The highest BCUT2D eigenvalue weighted by Gasteiger charge is 2.33. The lowest BCUT2D eigenvalue weighted by Gasteiger charge is -2.36. The summed E-state index contributed by atoms with van der Waals surface area (Å²) in [6, 6.07) is 0.0990. The van der Waals surface area contributed by atoms with Gasteiger partial charge in [-0.3, -0.25) is 0 Å². The molecule has 0 bridgehead atoms. The van der Waals surface area contributed by atoms with E-state index in [0.29, 0.717) is 6.04 Å². The summed E-state index contributed by atoms with van der Waals surface area (Å²) in [5.74, 6) is 0. The Morgan fingerprint density at radius 2 is 1.88 bits per heavy atom. The molecule has 0 radical (unpaired) electrons. The number of rotatable bonds is 4. The highest BCUT2D eigenvalue weighted by molar-refractivity contribution is 4.80. The Hall–Kier alpha value is -0.290. The van der Waals surface area contributed by atoms with Crippen molar-refractivity contribution in [3.63, 3.8) is 0 Å². The van der Waals surface area contributed by atoms with Crippen LogP contribution in [0.2, 0.25) is 0 Å². The molecule has 1 rings (SSSR count). The van der Waals surface area contributed by atoms with Crippen LogP contribution in [0.25, 0.3) is 0 Å². The van der Waals surface area contributed by atoms with Crippen LogP contribution in [0.15, 0.2) is 0 Å². The van der Waals surface area contributed by atoms with E-state index in [1.54, 1.807) is 6.92 Å². The van der Waals surface area contributed by atoms with E-state index < -0.39 is 12.6 Å². The van der Waals surface area contributed by atoms with Crippen molar-refractivity contribution in [2.24, 2.45) is 0 Å². The average molecular weight is 238 g/mol. The maximum absolute atomic E-state index is 12.2. The normalized spacial score (nSPS) is 22.3. The number of halogens is 3. The van der Waals surface area contributed by atoms with Gasteiger partial charge in [0.15, 0.2) is 0 Å². The van der Waals surface area contributed by atoms with Gasteiger partial charge in [-0.25, -0.2) is 0 Å². The minimum atomic E-state index is -4.04. The summed E-state index contributed by atoms with van der Waals surface area (Å²) in [5, 5.41) is 3.34. The van der Waals surface area contributed by atoms with Gasteiger partial charge in [0, 0.05) is 12.1 Å². The Balaban J connectivity index is 2.30. The van der Waals surface area contributed by atoms with E-state index in [-0.39, 0.29) is 6.04 Å². The number of piperidine rings is 1. The van der Waals surface area contributed by atoms with E-state index in [0.717, 1.165) is 32.5 Å². The zero-order valence-corrected chi connectivity index (χ0v) is 9.98.